The number of nitrogens with zero attached hydrogens (tertiary/aromatic N) is 2. The molecule has 2 aromatic rings. The summed E-state index contributed by atoms with van der Waals surface area (Å²) in [5.41, 5.74) is 0.438. The molecule has 0 atom stereocenters. The maximum absolute atomic E-state index is 13.3. The van der Waals surface area contributed by atoms with Crippen molar-refractivity contribution in [3.8, 4) is 0 Å². The minimum absolute atomic E-state index is 0.0428. The van der Waals surface area contributed by atoms with Gasteiger partial charge in [0, 0.05) is 35.9 Å². The minimum atomic E-state index is -4.03. The fraction of sp³-hybridized carbons (Fsp3) is 0.308. The van der Waals surface area contributed by atoms with Crippen LogP contribution in [-0.2, 0) is 20.4 Å². The molecule has 1 aromatic heterocycles. The normalized spacial score (nSPS) is 11.8. The Morgan fingerprint density at radius 3 is 2.67 bits per heavy atom. The van der Waals surface area contributed by atoms with Crippen molar-refractivity contribution >= 4 is 36.5 Å². The van der Waals surface area contributed by atoms with E-state index in [1.54, 1.807) is 7.05 Å². The molecular weight excluding hydrogens is 319 g/mol. The van der Waals surface area contributed by atoms with Gasteiger partial charge in [0.2, 0.25) is 5.91 Å². The number of hydrogen-bond donors (Lipinski definition) is 0. The topological polar surface area (TPSA) is 59.4 Å². The van der Waals surface area contributed by atoms with Crippen LogP contribution in [0.5, 0.6) is 0 Å². The van der Waals surface area contributed by atoms with E-state index in [2.05, 4.69) is 0 Å². The molecule has 0 fully saturated rings. The van der Waals surface area contributed by atoms with Gasteiger partial charge in [-0.05, 0) is 25.1 Å². The van der Waals surface area contributed by atoms with Gasteiger partial charge >= 0.3 is 0 Å². The number of carbonyl (C=O) groups is 1. The highest BCUT2D eigenvalue weighted by Gasteiger charge is 2.20. The van der Waals surface area contributed by atoms with Crippen LogP contribution in [0.25, 0.3) is 10.9 Å². The summed E-state index contributed by atoms with van der Waals surface area (Å²) >= 11 is 0. The van der Waals surface area contributed by atoms with Gasteiger partial charge in [0.05, 0.1) is 5.52 Å². The number of carbonyl (C=O) groups excluding carboxylic acids is 1. The molecule has 0 saturated heterocycles. The standard InChI is InChI=1S/C13H14ClFN2O3S/c1-3-16(2)13(18)8-17-7-12(21(14,19)20)10-6-9(15)4-5-11(10)17/h4-7H,3,8H2,1-2H3. The highest BCUT2D eigenvalue weighted by atomic mass is 35.7. The van der Waals surface area contributed by atoms with Gasteiger partial charge in [0.15, 0.2) is 0 Å². The summed E-state index contributed by atoms with van der Waals surface area (Å²) < 4.78 is 38.0. The summed E-state index contributed by atoms with van der Waals surface area (Å²) in [5.74, 6) is -0.754. The van der Waals surface area contributed by atoms with E-state index < -0.39 is 14.9 Å². The van der Waals surface area contributed by atoms with Crippen LogP contribution < -0.4 is 0 Å². The van der Waals surface area contributed by atoms with E-state index in [4.69, 9.17) is 10.7 Å². The van der Waals surface area contributed by atoms with E-state index in [1.807, 2.05) is 6.92 Å². The molecule has 2 rings (SSSR count). The van der Waals surface area contributed by atoms with E-state index in [-0.39, 0.29) is 22.7 Å². The van der Waals surface area contributed by atoms with Crippen molar-refractivity contribution in [3.05, 3.63) is 30.2 Å². The van der Waals surface area contributed by atoms with Crippen LogP contribution >= 0.6 is 10.7 Å². The first-order valence-electron chi connectivity index (χ1n) is 6.21. The molecule has 1 amide bonds. The van der Waals surface area contributed by atoms with Crippen molar-refractivity contribution in [1.82, 2.24) is 9.47 Å². The van der Waals surface area contributed by atoms with Crippen molar-refractivity contribution in [2.45, 2.75) is 18.4 Å². The number of halogens is 2. The second-order valence-electron chi connectivity index (χ2n) is 4.63. The van der Waals surface area contributed by atoms with Gasteiger partial charge in [-0.1, -0.05) is 0 Å². The lowest BCUT2D eigenvalue weighted by Crippen LogP contribution is -2.29. The Morgan fingerprint density at radius 1 is 1.43 bits per heavy atom. The number of fused-ring (bicyclic) bond motifs is 1. The van der Waals surface area contributed by atoms with Crippen LogP contribution in [0.3, 0.4) is 0 Å². The maximum atomic E-state index is 13.3. The van der Waals surface area contributed by atoms with Gasteiger partial charge in [-0.25, -0.2) is 12.8 Å². The molecule has 21 heavy (non-hydrogen) atoms. The Kier molecular flexibility index (Phi) is 4.25. The first-order valence-corrected chi connectivity index (χ1v) is 8.52. The van der Waals surface area contributed by atoms with Crippen molar-refractivity contribution in [1.29, 1.82) is 0 Å². The third kappa shape index (κ3) is 3.19. The minimum Gasteiger partial charge on any atom is -0.344 e. The summed E-state index contributed by atoms with van der Waals surface area (Å²) in [5, 5.41) is 0.164. The highest BCUT2D eigenvalue weighted by Crippen LogP contribution is 2.28. The SMILES string of the molecule is CCN(C)C(=O)Cn1cc(S(=O)(=O)Cl)c2cc(F)ccc21. The number of aromatic nitrogens is 1. The average molecular weight is 333 g/mol. The van der Waals surface area contributed by atoms with Crippen LogP contribution in [0, 0.1) is 5.82 Å². The van der Waals surface area contributed by atoms with Gasteiger partial charge in [-0.15, -0.1) is 0 Å². The molecular formula is C13H14ClFN2O3S. The van der Waals surface area contributed by atoms with Gasteiger partial charge in [0.25, 0.3) is 9.05 Å². The smallest absolute Gasteiger partial charge is 0.263 e. The molecule has 0 bridgehead atoms. The first kappa shape index (κ1) is 15.8. The molecule has 0 spiro atoms. The van der Waals surface area contributed by atoms with Crippen LogP contribution in [0.15, 0.2) is 29.3 Å². The first-order chi connectivity index (χ1) is 9.74. The molecule has 8 heteroatoms. The van der Waals surface area contributed by atoms with Gasteiger partial charge < -0.3 is 9.47 Å². The predicted octanol–water partition coefficient (Wildman–Crippen LogP) is 2.19. The van der Waals surface area contributed by atoms with Crippen LogP contribution in [0.1, 0.15) is 6.92 Å². The number of rotatable bonds is 4. The summed E-state index contributed by atoms with van der Waals surface area (Å²) in [7, 11) is 2.99. The predicted molar refractivity (Wildman–Crippen MR) is 78.2 cm³/mol. The van der Waals surface area contributed by atoms with E-state index in [1.165, 1.54) is 27.8 Å². The lowest BCUT2D eigenvalue weighted by molar-refractivity contribution is -0.130. The van der Waals surface area contributed by atoms with E-state index in [0.717, 1.165) is 6.07 Å². The lowest BCUT2D eigenvalue weighted by Gasteiger charge is -2.15. The third-order valence-electron chi connectivity index (χ3n) is 3.27. The number of likely N-dealkylation sites (N-methyl/N-ethyl adjacent to an activating group) is 1. The molecule has 0 saturated carbocycles. The summed E-state index contributed by atoms with van der Waals surface area (Å²) in [6, 6.07) is 3.72. The second-order valence-corrected chi connectivity index (χ2v) is 7.16. The molecule has 0 aliphatic heterocycles. The average Bonchev–Trinajstić information content (AvgIpc) is 2.75. The lowest BCUT2D eigenvalue weighted by atomic mass is 10.2. The van der Waals surface area contributed by atoms with Gasteiger partial charge in [-0.3, -0.25) is 4.79 Å². The molecule has 0 aliphatic carbocycles. The van der Waals surface area contributed by atoms with Gasteiger partial charge in [0.1, 0.15) is 17.3 Å². The highest BCUT2D eigenvalue weighted by molar-refractivity contribution is 8.14. The van der Waals surface area contributed by atoms with Crippen molar-refractivity contribution < 1.29 is 17.6 Å². The van der Waals surface area contributed by atoms with E-state index in [9.17, 15) is 17.6 Å². The molecule has 0 radical (unpaired) electrons. The monoisotopic (exact) mass is 332 g/mol. The Hall–Kier alpha value is -1.60. The summed E-state index contributed by atoms with van der Waals surface area (Å²) in [4.78, 5) is 13.3. The fourth-order valence-electron chi connectivity index (χ4n) is 2.00. The molecule has 1 aromatic carbocycles. The van der Waals surface area contributed by atoms with Crippen LogP contribution in [0.4, 0.5) is 4.39 Å². The van der Waals surface area contributed by atoms with Crippen LogP contribution in [0.2, 0.25) is 0 Å². The second kappa shape index (κ2) is 5.65. The zero-order chi connectivity index (χ0) is 15.8. The number of hydrogen-bond acceptors (Lipinski definition) is 3. The Balaban J connectivity index is 2.58. The zero-order valence-corrected chi connectivity index (χ0v) is 13.1. The third-order valence-corrected chi connectivity index (χ3v) is 4.62. The summed E-state index contributed by atoms with van der Waals surface area (Å²) in [6.45, 7) is 2.32. The number of amides is 1. The van der Waals surface area contributed by atoms with Crippen molar-refractivity contribution in [2.24, 2.45) is 0 Å². The van der Waals surface area contributed by atoms with Crippen LogP contribution in [-0.4, -0.2) is 37.4 Å². The Morgan fingerprint density at radius 2 is 2.10 bits per heavy atom. The maximum Gasteiger partial charge on any atom is 0.263 e. The molecule has 0 unspecified atom stereocenters. The molecule has 1 heterocycles. The molecule has 0 N–H and O–H groups in total. The fourth-order valence-corrected chi connectivity index (χ4v) is 3.05. The van der Waals surface area contributed by atoms with E-state index in [0.29, 0.717) is 12.1 Å². The molecule has 114 valence electrons. The molecule has 5 nitrogen and oxygen atoms in total. The van der Waals surface area contributed by atoms with E-state index >= 15 is 0 Å². The Labute approximate surface area is 126 Å². The number of benzene rings is 1. The Bertz CT molecular complexity index is 801. The zero-order valence-electron chi connectivity index (χ0n) is 11.5. The van der Waals surface area contributed by atoms with Crippen molar-refractivity contribution in [2.75, 3.05) is 13.6 Å². The quantitative estimate of drug-likeness (QED) is 0.806. The molecule has 0 aliphatic rings. The van der Waals surface area contributed by atoms with Gasteiger partial charge in [-0.2, -0.15) is 0 Å². The van der Waals surface area contributed by atoms with Crippen molar-refractivity contribution in [3.63, 3.8) is 0 Å². The largest absolute Gasteiger partial charge is 0.344 e. The summed E-state index contributed by atoms with van der Waals surface area (Å²) in [6.07, 6.45) is 1.26.